The standard InChI is InChI=1S/C75H132O6/c1-4-7-10-13-16-19-22-25-28-31-33-35-36-37-38-40-41-44-47-50-53-56-59-62-65-68-74(77)80-71-72(70-79-73(76)67-64-61-58-55-52-49-46-43-30-27-24-21-18-15-12-9-6-3)81-75(78)69-66-63-60-57-54-51-48-45-42-39-34-32-29-26-23-20-17-14-11-8-5-2/h9,12,18,21,23,26-27,30,32,34,46,49,55,58,72H,4-8,10-11,13-17,19-20,22,24-25,28-29,31,33,35-45,47-48,50-54,56-57,59-71H2,1-3H3/b12-9-,21-18-,26-23-,30-27-,34-32-,49-46-,58-55-. The SMILES string of the molecule is CC/C=C\C/C=C\C/C=C\C/C=C\C/C=C\CCCC(=O)OCC(COC(=O)CCCCCCCCCCCCCCCCCCCCCCCCCCC)OC(=O)CCCCCCCCCCC/C=C\C/C=C\CCCCCCC. The van der Waals surface area contributed by atoms with E-state index in [9.17, 15) is 14.4 Å². The van der Waals surface area contributed by atoms with Crippen LogP contribution in [-0.2, 0) is 28.6 Å². The van der Waals surface area contributed by atoms with Crippen LogP contribution in [0.3, 0.4) is 0 Å². The van der Waals surface area contributed by atoms with E-state index in [4.69, 9.17) is 14.2 Å². The second kappa shape index (κ2) is 69.1. The van der Waals surface area contributed by atoms with E-state index in [1.54, 1.807) is 0 Å². The quantitative estimate of drug-likeness (QED) is 0.0261. The summed E-state index contributed by atoms with van der Waals surface area (Å²) in [5.41, 5.74) is 0. The van der Waals surface area contributed by atoms with Gasteiger partial charge >= 0.3 is 17.9 Å². The highest BCUT2D eigenvalue weighted by atomic mass is 16.6. The fourth-order valence-corrected chi connectivity index (χ4v) is 10.2. The van der Waals surface area contributed by atoms with Crippen molar-refractivity contribution in [3.63, 3.8) is 0 Å². The molecule has 0 amide bonds. The summed E-state index contributed by atoms with van der Waals surface area (Å²) in [5, 5.41) is 0. The maximum Gasteiger partial charge on any atom is 0.306 e. The van der Waals surface area contributed by atoms with Crippen LogP contribution < -0.4 is 0 Å². The molecule has 0 aliphatic rings. The lowest BCUT2D eigenvalue weighted by molar-refractivity contribution is -0.167. The van der Waals surface area contributed by atoms with E-state index in [-0.39, 0.29) is 37.5 Å². The summed E-state index contributed by atoms with van der Waals surface area (Å²) in [7, 11) is 0. The Labute approximate surface area is 503 Å². The van der Waals surface area contributed by atoms with E-state index >= 15 is 0 Å². The van der Waals surface area contributed by atoms with Crippen molar-refractivity contribution in [1.82, 2.24) is 0 Å². The molecule has 0 aliphatic heterocycles. The van der Waals surface area contributed by atoms with Crippen molar-refractivity contribution in [2.24, 2.45) is 0 Å². The average Bonchev–Trinajstić information content (AvgIpc) is 3.47. The van der Waals surface area contributed by atoms with Gasteiger partial charge in [0.05, 0.1) is 0 Å². The predicted molar refractivity (Wildman–Crippen MR) is 353 cm³/mol. The fourth-order valence-electron chi connectivity index (χ4n) is 10.2. The van der Waals surface area contributed by atoms with Crippen LogP contribution >= 0.6 is 0 Å². The molecular weight excluding hydrogens is 997 g/mol. The highest BCUT2D eigenvalue weighted by Gasteiger charge is 2.19. The molecule has 0 radical (unpaired) electrons. The number of unbranched alkanes of at least 4 members (excludes halogenated alkanes) is 39. The normalized spacial score (nSPS) is 12.6. The summed E-state index contributed by atoms with van der Waals surface area (Å²) in [5.74, 6) is -0.940. The monoisotopic (exact) mass is 1130 g/mol. The third kappa shape index (κ3) is 67.3. The van der Waals surface area contributed by atoms with Gasteiger partial charge in [-0.1, -0.05) is 331 Å². The molecule has 468 valence electrons. The number of allylic oxidation sites excluding steroid dienone is 14. The molecule has 0 aliphatic carbocycles. The van der Waals surface area contributed by atoms with Crippen LogP contribution in [0.1, 0.15) is 355 Å². The van der Waals surface area contributed by atoms with Gasteiger partial charge in [-0.15, -0.1) is 0 Å². The van der Waals surface area contributed by atoms with Crippen molar-refractivity contribution in [2.45, 2.75) is 361 Å². The Kier molecular flexibility index (Phi) is 66.2. The highest BCUT2D eigenvalue weighted by Crippen LogP contribution is 2.18. The lowest BCUT2D eigenvalue weighted by Crippen LogP contribution is -2.30. The van der Waals surface area contributed by atoms with E-state index < -0.39 is 6.10 Å². The number of ether oxygens (including phenoxy) is 3. The molecule has 1 atom stereocenters. The molecule has 0 heterocycles. The lowest BCUT2D eigenvalue weighted by atomic mass is 10.0. The summed E-state index contributed by atoms with van der Waals surface area (Å²) in [6.07, 6.45) is 91.9. The second-order valence-electron chi connectivity index (χ2n) is 23.4. The Bertz CT molecular complexity index is 1530. The molecule has 0 aromatic heterocycles. The molecule has 0 saturated carbocycles. The topological polar surface area (TPSA) is 78.9 Å². The Balaban J connectivity index is 4.37. The Hall–Kier alpha value is -3.41. The lowest BCUT2D eigenvalue weighted by Gasteiger charge is -2.18. The van der Waals surface area contributed by atoms with Crippen molar-refractivity contribution in [3.8, 4) is 0 Å². The maximum atomic E-state index is 13.0. The zero-order valence-corrected chi connectivity index (χ0v) is 53.8. The zero-order valence-electron chi connectivity index (χ0n) is 53.8. The third-order valence-corrected chi connectivity index (χ3v) is 15.4. The number of rotatable bonds is 64. The van der Waals surface area contributed by atoms with Crippen molar-refractivity contribution >= 4 is 17.9 Å². The van der Waals surface area contributed by atoms with Crippen molar-refractivity contribution in [3.05, 3.63) is 85.1 Å². The van der Waals surface area contributed by atoms with Crippen molar-refractivity contribution in [1.29, 1.82) is 0 Å². The Morgan fingerprint density at radius 3 is 0.802 bits per heavy atom. The van der Waals surface area contributed by atoms with Gasteiger partial charge in [0.25, 0.3) is 0 Å². The molecule has 0 N–H and O–H groups in total. The Morgan fingerprint density at radius 1 is 0.259 bits per heavy atom. The van der Waals surface area contributed by atoms with Gasteiger partial charge in [-0.25, -0.2) is 0 Å². The first kappa shape index (κ1) is 77.6. The summed E-state index contributed by atoms with van der Waals surface area (Å²) in [6, 6.07) is 0. The van der Waals surface area contributed by atoms with Crippen LogP contribution in [0.15, 0.2) is 85.1 Å². The van der Waals surface area contributed by atoms with Crippen molar-refractivity contribution < 1.29 is 28.6 Å². The zero-order chi connectivity index (χ0) is 58.5. The third-order valence-electron chi connectivity index (χ3n) is 15.4. The molecular formula is C75H132O6. The second-order valence-corrected chi connectivity index (χ2v) is 23.4. The molecule has 0 rings (SSSR count). The van der Waals surface area contributed by atoms with Crippen LogP contribution in [0.4, 0.5) is 0 Å². The molecule has 0 saturated heterocycles. The summed E-state index contributed by atoms with van der Waals surface area (Å²) < 4.78 is 16.9. The number of esters is 3. The summed E-state index contributed by atoms with van der Waals surface area (Å²) in [4.78, 5) is 38.4. The predicted octanol–water partition coefficient (Wildman–Crippen LogP) is 24.2. The molecule has 0 aromatic rings. The number of hydrogen-bond acceptors (Lipinski definition) is 6. The molecule has 6 nitrogen and oxygen atoms in total. The minimum Gasteiger partial charge on any atom is -0.462 e. The number of hydrogen-bond donors (Lipinski definition) is 0. The molecule has 1 unspecified atom stereocenters. The van der Waals surface area contributed by atoms with Gasteiger partial charge in [0.15, 0.2) is 6.10 Å². The number of carbonyl (C=O) groups is 3. The maximum absolute atomic E-state index is 13.0. The van der Waals surface area contributed by atoms with E-state index in [2.05, 4.69) is 106 Å². The van der Waals surface area contributed by atoms with Crippen LogP contribution in [0.2, 0.25) is 0 Å². The first-order valence-electron chi connectivity index (χ1n) is 35.1. The van der Waals surface area contributed by atoms with Crippen LogP contribution in [0.5, 0.6) is 0 Å². The van der Waals surface area contributed by atoms with Crippen molar-refractivity contribution in [2.75, 3.05) is 13.2 Å². The van der Waals surface area contributed by atoms with Crippen LogP contribution in [0, 0.1) is 0 Å². The molecule has 0 fully saturated rings. The molecule has 6 heteroatoms. The van der Waals surface area contributed by atoms with E-state index in [1.807, 2.05) is 0 Å². The van der Waals surface area contributed by atoms with E-state index in [0.29, 0.717) is 19.3 Å². The van der Waals surface area contributed by atoms with E-state index in [0.717, 1.165) is 83.5 Å². The van der Waals surface area contributed by atoms with Gasteiger partial charge in [0.2, 0.25) is 0 Å². The smallest absolute Gasteiger partial charge is 0.306 e. The first-order chi connectivity index (χ1) is 40.0. The van der Waals surface area contributed by atoms with Gasteiger partial charge in [-0.2, -0.15) is 0 Å². The summed E-state index contributed by atoms with van der Waals surface area (Å²) >= 11 is 0. The van der Waals surface area contributed by atoms with E-state index in [1.165, 1.54) is 225 Å². The summed E-state index contributed by atoms with van der Waals surface area (Å²) in [6.45, 7) is 6.52. The van der Waals surface area contributed by atoms with Crippen LogP contribution in [-0.4, -0.2) is 37.2 Å². The Morgan fingerprint density at radius 2 is 0.494 bits per heavy atom. The van der Waals surface area contributed by atoms with Gasteiger partial charge < -0.3 is 14.2 Å². The van der Waals surface area contributed by atoms with Gasteiger partial charge in [-0.3, -0.25) is 14.4 Å². The van der Waals surface area contributed by atoms with Crippen LogP contribution in [0.25, 0.3) is 0 Å². The first-order valence-corrected chi connectivity index (χ1v) is 35.1. The highest BCUT2D eigenvalue weighted by molar-refractivity contribution is 5.71. The number of carbonyl (C=O) groups excluding carboxylic acids is 3. The minimum atomic E-state index is -0.803. The van der Waals surface area contributed by atoms with Gasteiger partial charge in [0.1, 0.15) is 13.2 Å². The average molecular weight is 1130 g/mol. The molecule has 0 bridgehead atoms. The van der Waals surface area contributed by atoms with Gasteiger partial charge in [0, 0.05) is 19.3 Å². The molecule has 81 heavy (non-hydrogen) atoms. The molecule has 0 aromatic carbocycles. The fraction of sp³-hybridized carbons (Fsp3) is 0.773. The van der Waals surface area contributed by atoms with Gasteiger partial charge in [-0.05, 0) is 89.9 Å². The largest absolute Gasteiger partial charge is 0.462 e. The molecule has 0 spiro atoms. The minimum absolute atomic E-state index is 0.0930.